The van der Waals surface area contributed by atoms with Crippen LogP contribution in [-0.2, 0) is 11.2 Å². The predicted octanol–water partition coefficient (Wildman–Crippen LogP) is 5.78. The molecule has 6 nitrogen and oxygen atoms in total. The molecule has 0 unspecified atom stereocenters. The van der Waals surface area contributed by atoms with E-state index in [4.69, 9.17) is 13.9 Å². The number of esters is 1. The Morgan fingerprint density at radius 1 is 1.26 bits per heavy atom. The number of hydrogen-bond acceptors (Lipinski definition) is 6. The largest absolute Gasteiger partial charge is 0.468 e. The molecule has 1 aromatic rings. The van der Waals surface area contributed by atoms with E-state index >= 15 is 0 Å². The summed E-state index contributed by atoms with van der Waals surface area (Å²) in [5.74, 6) is -0.105. The van der Waals surface area contributed by atoms with Crippen molar-refractivity contribution in [1.82, 2.24) is 0 Å². The summed E-state index contributed by atoms with van der Waals surface area (Å²) < 4.78 is 16.1. The van der Waals surface area contributed by atoms with Gasteiger partial charge in [0, 0.05) is 0 Å². The summed E-state index contributed by atoms with van der Waals surface area (Å²) in [5, 5.41) is 11.2. The van der Waals surface area contributed by atoms with E-state index in [1.165, 1.54) is 19.8 Å². The second kappa shape index (κ2) is 10.3. The van der Waals surface area contributed by atoms with Crippen LogP contribution in [0.1, 0.15) is 87.9 Å². The minimum absolute atomic E-state index is 0.00142. The second-order valence-electron chi connectivity index (χ2n) is 11.2. The van der Waals surface area contributed by atoms with E-state index < -0.39 is 11.4 Å². The summed E-state index contributed by atoms with van der Waals surface area (Å²) in [6.07, 6.45) is 7.51. The molecular weight excluding hydrogens is 444 g/mol. The molecule has 194 valence electrons. The molecule has 35 heavy (non-hydrogen) atoms. The summed E-state index contributed by atoms with van der Waals surface area (Å²) in [7, 11) is 2.72. The van der Waals surface area contributed by atoms with Gasteiger partial charge < -0.3 is 19.0 Å². The zero-order valence-corrected chi connectivity index (χ0v) is 22.5. The van der Waals surface area contributed by atoms with Crippen molar-refractivity contribution in [2.75, 3.05) is 14.2 Å². The highest BCUT2D eigenvalue weighted by Crippen LogP contribution is 2.62. The van der Waals surface area contributed by atoms with Crippen LogP contribution in [0.4, 0.5) is 0 Å². The van der Waals surface area contributed by atoms with Gasteiger partial charge in [-0.05, 0) is 88.4 Å². The van der Waals surface area contributed by atoms with Gasteiger partial charge >= 0.3 is 5.97 Å². The Morgan fingerprint density at radius 3 is 2.54 bits per heavy atom. The molecule has 6 heteroatoms. The van der Waals surface area contributed by atoms with Gasteiger partial charge in [0.1, 0.15) is 11.3 Å². The van der Waals surface area contributed by atoms with Crippen molar-refractivity contribution in [2.24, 2.45) is 22.7 Å². The predicted molar refractivity (Wildman–Crippen MR) is 137 cm³/mol. The lowest BCUT2D eigenvalue weighted by molar-refractivity contribution is -0.136. The van der Waals surface area contributed by atoms with Crippen LogP contribution in [0.2, 0.25) is 0 Å². The van der Waals surface area contributed by atoms with Gasteiger partial charge in [0.05, 0.1) is 25.9 Å². The van der Waals surface area contributed by atoms with Crippen LogP contribution in [0.5, 0.6) is 5.95 Å². The Hall–Kier alpha value is -2.34. The van der Waals surface area contributed by atoms with Gasteiger partial charge in [-0.25, -0.2) is 4.79 Å². The average Bonchev–Trinajstić information content (AvgIpc) is 2.79. The Bertz CT molecular complexity index is 1060. The number of rotatable bonds is 7. The summed E-state index contributed by atoms with van der Waals surface area (Å²) in [6, 6.07) is 0. The third-order valence-corrected chi connectivity index (χ3v) is 8.92. The minimum Gasteiger partial charge on any atom is -0.468 e. The highest BCUT2D eigenvalue weighted by molar-refractivity contribution is 5.90. The molecule has 5 atom stereocenters. The number of hydrogen-bond donors (Lipinski definition) is 1. The number of fused-ring (bicyclic) bond motifs is 1. The molecule has 0 saturated heterocycles. The van der Waals surface area contributed by atoms with E-state index in [1.807, 2.05) is 0 Å². The molecule has 0 bridgehead atoms. The Labute approximate surface area is 209 Å². The monoisotopic (exact) mass is 486 g/mol. The van der Waals surface area contributed by atoms with E-state index in [9.17, 15) is 14.7 Å². The van der Waals surface area contributed by atoms with Crippen LogP contribution >= 0.6 is 0 Å². The van der Waals surface area contributed by atoms with Gasteiger partial charge in [0.25, 0.3) is 5.95 Å². The first-order valence-electron chi connectivity index (χ1n) is 12.7. The minimum atomic E-state index is -0.709. The number of ether oxygens (including phenoxy) is 2. The maximum Gasteiger partial charge on any atom is 0.345 e. The Morgan fingerprint density at radius 2 is 1.94 bits per heavy atom. The van der Waals surface area contributed by atoms with Gasteiger partial charge in [-0.1, -0.05) is 37.6 Å². The molecule has 0 radical (unpaired) electrons. The topological polar surface area (TPSA) is 86.0 Å². The van der Waals surface area contributed by atoms with Crippen molar-refractivity contribution in [3.63, 3.8) is 0 Å². The van der Waals surface area contributed by atoms with E-state index in [0.717, 1.165) is 44.1 Å². The Balaban J connectivity index is 2.05. The summed E-state index contributed by atoms with van der Waals surface area (Å²) in [6.45, 7) is 14.7. The maximum absolute atomic E-state index is 13.5. The SMILES string of the molecule is C=C1CC[C@H]2[C@](C)(CCC=C(C)C)[C@H](O)CC[C@]2(C)[C@@H]1Cc1c(OC)oc(C)c(C(=O)OC)c1=O. The fourth-order valence-corrected chi connectivity index (χ4v) is 6.91. The zero-order valence-electron chi connectivity index (χ0n) is 22.5. The third-order valence-electron chi connectivity index (χ3n) is 8.92. The van der Waals surface area contributed by atoms with Crippen LogP contribution < -0.4 is 10.2 Å². The van der Waals surface area contributed by atoms with Crippen LogP contribution in [-0.4, -0.2) is 31.4 Å². The van der Waals surface area contributed by atoms with Crippen molar-refractivity contribution in [3.05, 3.63) is 50.9 Å². The molecule has 2 aliphatic carbocycles. The van der Waals surface area contributed by atoms with Crippen LogP contribution in [0.3, 0.4) is 0 Å². The normalized spacial score (nSPS) is 30.4. The van der Waals surface area contributed by atoms with Gasteiger partial charge in [-0.15, -0.1) is 0 Å². The molecule has 2 aliphatic rings. The molecule has 0 amide bonds. The van der Waals surface area contributed by atoms with E-state index in [2.05, 4.69) is 40.3 Å². The molecule has 0 spiro atoms. The van der Waals surface area contributed by atoms with E-state index in [0.29, 0.717) is 12.0 Å². The lowest BCUT2D eigenvalue weighted by atomic mass is 9.45. The molecule has 1 heterocycles. The summed E-state index contributed by atoms with van der Waals surface area (Å²) in [5.41, 5.74) is 1.88. The van der Waals surface area contributed by atoms with Gasteiger partial charge in [-0.3, -0.25) is 4.79 Å². The number of carbonyl (C=O) groups excluding carboxylic acids is 1. The number of carbonyl (C=O) groups is 1. The van der Waals surface area contributed by atoms with Gasteiger partial charge in [-0.2, -0.15) is 0 Å². The van der Waals surface area contributed by atoms with Crippen molar-refractivity contribution >= 4 is 5.97 Å². The quantitative estimate of drug-likeness (QED) is 0.388. The molecule has 3 rings (SSSR count). The van der Waals surface area contributed by atoms with Gasteiger partial charge in [0.15, 0.2) is 0 Å². The standard InChI is InChI=1S/C29H42O6/c1-17(2)10-9-14-29(6)22-12-11-18(3)21(28(22,5)15-13-23(29)30)16-20-25(31)24(26(32)33-7)19(4)35-27(20)34-8/h10,21-23,30H,3,9,11-16H2,1-2,4-8H3/t21-,22-,23-,28-,29+/m1/s1. The van der Waals surface area contributed by atoms with Crippen molar-refractivity contribution in [3.8, 4) is 5.95 Å². The van der Waals surface area contributed by atoms with E-state index in [1.54, 1.807) is 6.92 Å². The van der Waals surface area contributed by atoms with Crippen LogP contribution in [0, 0.1) is 29.6 Å². The number of aliphatic hydroxyl groups is 1. The first-order chi connectivity index (χ1) is 16.4. The molecule has 2 saturated carbocycles. The number of aliphatic hydroxyl groups excluding tert-OH is 1. The molecule has 1 aromatic heterocycles. The first kappa shape index (κ1) is 27.3. The first-order valence-corrected chi connectivity index (χ1v) is 12.7. The van der Waals surface area contributed by atoms with Crippen LogP contribution in [0.25, 0.3) is 0 Å². The summed E-state index contributed by atoms with van der Waals surface area (Å²) in [4.78, 5) is 25.8. The highest BCUT2D eigenvalue weighted by Gasteiger charge is 2.57. The van der Waals surface area contributed by atoms with Crippen LogP contribution in [0.15, 0.2) is 33.0 Å². The van der Waals surface area contributed by atoms with Gasteiger partial charge in [0.2, 0.25) is 5.43 Å². The number of allylic oxidation sites excluding steroid dienone is 3. The third kappa shape index (κ3) is 4.87. The van der Waals surface area contributed by atoms with Crippen molar-refractivity contribution < 1.29 is 23.8 Å². The second-order valence-corrected chi connectivity index (χ2v) is 11.2. The Kier molecular flexibility index (Phi) is 8.05. The fraction of sp³-hybridized carbons (Fsp3) is 0.655. The van der Waals surface area contributed by atoms with E-state index in [-0.39, 0.29) is 46.0 Å². The summed E-state index contributed by atoms with van der Waals surface area (Å²) >= 11 is 0. The van der Waals surface area contributed by atoms with Crippen molar-refractivity contribution in [1.29, 1.82) is 0 Å². The lowest BCUT2D eigenvalue weighted by Crippen LogP contribution is -2.56. The smallest absolute Gasteiger partial charge is 0.345 e. The molecule has 1 N–H and O–H groups in total. The molecule has 2 fully saturated rings. The number of aryl methyl sites for hydroxylation is 1. The number of methoxy groups -OCH3 is 2. The average molecular weight is 487 g/mol. The molecular formula is C29H42O6. The lowest BCUT2D eigenvalue weighted by Gasteiger charge is -2.60. The molecule has 0 aliphatic heterocycles. The highest BCUT2D eigenvalue weighted by atomic mass is 16.6. The fourth-order valence-electron chi connectivity index (χ4n) is 6.91. The maximum atomic E-state index is 13.5. The molecule has 0 aromatic carbocycles. The van der Waals surface area contributed by atoms with Crippen molar-refractivity contribution in [2.45, 2.75) is 85.7 Å². The zero-order chi connectivity index (χ0) is 26.1.